The average Bonchev–Trinajstić information content (AvgIpc) is 2.76. The van der Waals surface area contributed by atoms with Gasteiger partial charge in [0.15, 0.2) is 0 Å². The molecule has 0 aromatic heterocycles. The SMILES string of the molecule is CN1CCOc2ccccc2C(=O)N[C@H](C(=O)NC(CO)CO)CC(=O)NCCC1=O. The standard InChI is InChI=1S/C20H28N4O7/c1-24-8-9-31-16-5-3-2-4-14(16)19(29)23-15(20(30)22-13(11-25)12-26)10-17(27)21-7-6-18(24)28/h2-5,13,15,25-26H,6-12H2,1H3,(H,21,27)(H,22,30)(H,23,29)/t15-/m0/s1. The molecule has 5 N–H and O–H groups in total. The second kappa shape index (κ2) is 11.9. The third-order valence-electron chi connectivity index (χ3n) is 4.70. The quantitative estimate of drug-likeness (QED) is 0.365. The molecule has 1 heterocycles. The highest BCUT2D eigenvalue weighted by Crippen LogP contribution is 2.18. The first kappa shape index (κ1) is 24.1. The highest BCUT2D eigenvalue weighted by atomic mass is 16.5. The van der Waals surface area contributed by atoms with E-state index in [9.17, 15) is 29.4 Å². The Bertz CT molecular complexity index is 797. The van der Waals surface area contributed by atoms with Crippen molar-refractivity contribution in [2.24, 2.45) is 0 Å². The normalized spacial score (nSPS) is 18.8. The summed E-state index contributed by atoms with van der Waals surface area (Å²) in [5, 5.41) is 25.8. The molecule has 0 bridgehead atoms. The lowest BCUT2D eigenvalue weighted by atomic mass is 10.1. The minimum atomic E-state index is -1.27. The van der Waals surface area contributed by atoms with Gasteiger partial charge in [-0.2, -0.15) is 0 Å². The molecule has 1 aromatic carbocycles. The van der Waals surface area contributed by atoms with Crippen LogP contribution in [0.4, 0.5) is 0 Å². The summed E-state index contributed by atoms with van der Waals surface area (Å²) in [7, 11) is 1.61. The number of rotatable bonds is 4. The summed E-state index contributed by atoms with van der Waals surface area (Å²) >= 11 is 0. The minimum absolute atomic E-state index is 0.0686. The van der Waals surface area contributed by atoms with E-state index in [0.717, 1.165) is 0 Å². The van der Waals surface area contributed by atoms with E-state index in [4.69, 9.17) is 4.74 Å². The van der Waals surface area contributed by atoms with E-state index in [1.165, 1.54) is 11.0 Å². The Balaban J connectivity index is 2.27. The van der Waals surface area contributed by atoms with E-state index >= 15 is 0 Å². The molecule has 1 atom stereocenters. The van der Waals surface area contributed by atoms with Gasteiger partial charge in [-0.1, -0.05) is 12.1 Å². The van der Waals surface area contributed by atoms with Crippen LogP contribution in [0.2, 0.25) is 0 Å². The van der Waals surface area contributed by atoms with Crippen LogP contribution in [0.15, 0.2) is 24.3 Å². The lowest BCUT2D eigenvalue weighted by molar-refractivity contribution is -0.131. The summed E-state index contributed by atoms with van der Waals surface area (Å²) in [5.41, 5.74) is 0.158. The molecule has 0 spiro atoms. The van der Waals surface area contributed by atoms with Crippen LogP contribution in [-0.2, 0) is 14.4 Å². The highest BCUT2D eigenvalue weighted by Gasteiger charge is 2.27. The van der Waals surface area contributed by atoms with Crippen LogP contribution in [0, 0.1) is 0 Å². The molecule has 0 aliphatic carbocycles. The van der Waals surface area contributed by atoms with Crippen LogP contribution in [0.25, 0.3) is 0 Å². The molecule has 2 rings (SSSR count). The topological polar surface area (TPSA) is 157 Å². The fourth-order valence-corrected chi connectivity index (χ4v) is 2.85. The van der Waals surface area contributed by atoms with Crippen molar-refractivity contribution in [2.45, 2.75) is 24.9 Å². The summed E-state index contributed by atoms with van der Waals surface area (Å²) in [6.45, 7) is -0.515. The first-order chi connectivity index (χ1) is 14.8. The number of nitrogens with zero attached hydrogens (tertiary/aromatic N) is 1. The molecule has 0 saturated heterocycles. The van der Waals surface area contributed by atoms with Gasteiger partial charge in [0.25, 0.3) is 5.91 Å². The van der Waals surface area contributed by atoms with Gasteiger partial charge in [-0.3, -0.25) is 19.2 Å². The third-order valence-corrected chi connectivity index (χ3v) is 4.70. The predicted molar refractivity (Wildman–Crippen MR) is 109 cm³/mol. The largest absolute Gasteiger partial charge is 0.491 e. The summed E-state index contributed by atoms with van der Waals surface area (Å²) in [6, 6.07) is 4.19. The molecule has 1 aliphatic heterocycles. The fourth-order valence-electron chi connectivity index (χ4n) is 2.85. The number of nitrogens with one attached hydrogen (secondary N) is 3. The molecule has 0 unspecified atom stereocenters. The molecular weight excluding hydrogens is 408 g/mol. The maximum absolute atomic E-state index is 12.8. The fraction of sp³-hybridized carbons (Fsp3) is 0.500. The number of benzene rings is 1. The average molecular weight is 436 g/mol. The van der Waals surface area contributed by atoms with E-state index in [1.54, 1.807) is 25.2 Å². The number of hydrogen-bond acceptors (Lipinski definition) is 7. The smallest absolute Gasteiger partial charge is 0.255 e. The Morgan fingerprint density at radius 1 is 1.26 bits per heavy atom. The number of likely N-dealkylation sites (N-methyl/N-ethyl adjacent to an activating group) is 1. The van der Waals surface area contributed by atoms with Gasteiger partial charge in [0.1, 0.15) is 18.4 Å². The lowest BCUT2D eigenvalue weighted by Crippen LogP contribution is -2.53. The Morgan fingerprint density at radius 2 is 1.97 bits per heavy atom. The van der Waals surface area contributed by atoms with Gasteiger partial charge < -0.3 is 35.8 Å². The zero-order valence-corrected chi connectivity index (χ0v) is 17.3. The summed E-state index contributed by atoms with van der Waals surface area (Å²) < 4.78 is 5.67. The number of amides is 4. The Morgan fingerprint density at radius 3 is 2.68 bits per heavy atom. The van der Waals surface area contributed by atoms with Crippen molar-refractivity contribution in [3.05, 3.63) is 29.8 Å². The van der Waals surface area contributed by atoms with Gasteiger partial charge >= 0.3 is 0 Å². The van der Waals surface area contributed by atoms with Gasteiger partial charge in [0, 0.05) is 20.0 Å². The number of aliphatic hydroxyl groups is 2. The van der Waals surface area contributed by atoms with Crippen LogP contribution >= 0.6 is 0 Å². The number of aliphatic hydroxyl groups excluding tert-OH is 2. The number of ether oxygens (including phenoxy) is 1. The van der Waals surface area contributed by atoms with E-state index in [-0.39, 0.29) is 43.3 Å². The van der Waals surface area contributed by atoms with Gasteiger partial charge in [-0.25, -0.2) is 0 Å². The summed E-state index contributed by atoms with van der Waals surface area (Å²) in [6.07, 6.45) is -0.326. The van der Waals surface area contributed by atoms with Crippen LogP contribution in [0.1, 0.15) is 23.2 Å². The van der Waals surface area contributed by atoms with Crippen LogP contribution in [-0.4, -0.2) is 90.8 Å². The second-order valence-electron chi connectivity index (χ2n) is 7.06. The Hall–Kier alpha value is -3.18. The Labute approximate surface area is 179 Å². The zero-order chi connectivity index (χ0) is 22.8. The summed E-state index contributed by atoms with van der Waals surface area (Å²) in [5.74, 6) is -1.84. The molecule has 11 heteroatoms. The van der Waals surface area contributed by atoms with Crippen molar-refractivity contribution in [1.29, 1.82) is 0 Å². The summed E-state index contributed by atoms with van der Waals surface area (Å²) in [4.78, 5) is 51.4. The Kier molecular flexibility index (Phi) is 9.22. The predicted octanol–water partition coefficient (Wildman–Crippen LogP) is -2.00. The first-order valence-electron chi connectivity index (χ1n) is 9.91. The number of fused-ring (bicyclic) bond motifs is 1. The second-order valence-corrected chi connectivity index (χ2v) is 7.06. The van der Waals surface area contributed by atoms with Crippen molar-refractivity contribution in [3.63, 3.8) is 0 Å². The van der Waals surface area contributed by atoms with Crippen molar-refractivity contribution < 1.29 is 34.1 Å². The van der Waals surface area contributed by atoms with E-state index in [2.05, 4.69) is 16.0 Å². The van der Waals surface area contributed by atoms with Crippen LogP contribution in [0.3, 0.4) is 0 Å². The molecule has 1 aliphatic rings. The number of carbonyl (C=O) groups excluding carboxylic acids is 4. The molecule has 0 saturated carbocycles. The van der Waals surface area contributed by atoms with E-state index in [0.29, 0.717) is 0 Å². The van der Waals surface area contributed by atoms with Crippen molar-refractivity contribution in [3.8, 4) is 5.75 Å². The highest BCUT2D eigenvalue weighted by molar-refractivity contribution is 6.00. The maximum atomic E-state index is 12.8. The molecule has 170 valence electrons. The maximum Gasteiger partial charge on any atom is 0.255 e. The van der Waals surface area contributed by atoms with Crippen molar-refractivity contribution >= 4 is 23.6 Å². The monoisotopic (exact) mass is 436 g/mol. The van der Waals surface area contributed by atoms with Crippen LogP contribution < -0.4 is 20.7 Å². The van der Waals surface area contributed by atoms with Gasteiger partial charge in [-0.05, 0) is 12.1 Å². The van der Waals surface area contributed by atoms with Gasteiger partial charge in [0.05, 0.1) is 37.8 Å². The molecule has 0 fully saturated rings. The van der Waals surface area contributed by atoms with Gasteiger partial charge in [-0.15, -0.1) is 0 Å². The lowest BCUT2D eigenvalue weighted by Gasteiger charge is -2.21. The number of para-hydroxylation sites is 1. The molecule has 31 heavy (non-hydrogen) atoms. The first-order valence-corrected chi connectivity index (χ1v) is 9.91. The van der Waals surface area contributed by atoms with Crippen molar-refractivity contribution in [1.82, 2.24) is 20.9 Å². The molecule has 0 radical (unpaired) electrons. The molecule has 11 nitrogen and oxygen atoms in total. The molecule has 1 aromatic rings. The number of carbonyl (C=O) groups is 4. The zero-order valence-electron chi connectivity index (χ0n) is 17.3. The third kappa shape index (κ3) is 7.23. The van der Waals surface area contributed by atoms with E-state index < -0.39 is 49.4 Å². The van der Waals surface area contributed by atoms with Crippen LogP contribution in [0.5, 0.6) is 5.75 Å². The van der Waals surface area contributed by atoms with Crippen molar-refractivity contribution in [2.75, 3.05) is 40.0 Å². The number of hydrogen-bond donors (Lipinski definition) is 5. The van der Waals surface area contributed by atoms with E-state index in [1.807, 2.05) is 0 Å². The molecular formula is C20H28N4O7. The minimum Gasteiger partial charge on any atom is -0.491 e. The molecule has 4 amide bonds. The van der Waals surface area contributed by atoms with Gasteiger partial charge in [0.2, 0.25) is 17.7 Å².